The molecule has 0 aromatic carbocycles. The highest BCUT2D eigenvalue weighted by Gasteiger charge is 2.07. The molecule has 0 aliphatic carbocycles. The van der Waals surface area contributed by atoms with Crippen LogP contribution in [-0.4, -0.2) is 15.6 Å². The van der Waals surface area contributed by atoms with Crippen LogP contribution < -0.4 is 5.73 Å². The Balaban J connectivity index is 2.23. The molecule has 0 amide bonds. The minimum Gasteiger partial charge on any atom is -0.335 e. The summed E-state index contributed by atoms with van der Waals surface area (Å²) in [5, 5.41) is 0. The molecule has 1 aromatic heterocycles. The fraction of sp³-hybridized carbons (Fsp3) is 0.800. The molecular formula is C15H29N3. The summed E-state index contributed by atoms with van der Waals surface area (Å²) in [4.78, 5) is 4.42. The van der Waals surface area contributed by atoms with Crippen molar-refractivity contribution in [2.45, 2.75) is 77.8 Å². The molecule has 0 spiro atoms. The van der Waals surface area contributed by atoms with Crippen LogP contribution in [0, 0.1) is 0 Å². The SMILES string of the molecule is CCCCCCCCn1ccnc1CC(N)CC. The fourth-order valence-corrected chi connectivity index (χ4v) is 2.17. The maximum absolute atomic E-state index is 5.99. The van der Waals surface area contributed by atoms with E-state index in [1.54, 1.807) is 0 Å². The van der Waals surface area contributed by atoms with E-state index in [1.807, 2.05) is 6.20 Å². The second-order valence-corrected chi connectivity index (χ2v) is 5.18. The number of imidazole rings is 1. The number of hydrogen-bond donors (Lipinski definition) is 1. The van der Waals surface area contributed by atoms with Crippen LogP contribution in [0.5, 0.6) is 0 Å². The Kier molecular flexibility index (Phi) is 7.74. The van der Waals surface area contributed by atoms with E-state index in [0.29, 0.717) is 0 Å². The number of nitrogens with two attached hydrogens (primary N) is 1. The first-order valence-corrected chi connectivity index (χ1v) is 7.53. The predicted molar refractivity (Wildman–Crippen MR) is 77.6 cm³/mol. The van der Waals surface area contributed by atoms with Crippen molar-refractivity contribution in [3.8, 4) is 0 Å². The van der Waals surface area contributed by atoms with E-state index in [9.17, 15) is 0 Å². The van der Waals surface area contributed by atoms with Gasteiger partial charge in [0, 0.05) is 31.4 Å². The maximum atomic E-state index is 5.99. The number of hydrogen-bond acceptors (Lipinski definition) is 2. The van der Waals surface area contributed by atoms with Crippen LogP contribution in [0.25, 0.3) is 0 Å². The van der Waals surface area contributed by atoms with Crippen molar-refractivity contribution >= 4 is 0 Å². The van der Waals surface area contributed by atoms with Crippen LogP contribution in [0.15, 0.2) is 12.4 Å². The first-order chi connectivity index (χ1) is 8.77. The molecule has 1 aromatic rings. The van der Waals surface area contributed by atoms with E-state index in [-0.39, 0.29) is 6.04 Å². The third-order valence-corrected chi connectivity index (χ3v) is 3.52. The highest BCUT2D eigenvalue weighted by molar-refractivity contribution is 4.94. The van der Waals surface area contributed by atoms with Crippen molar-refractivity contribution in [1.82, 2.24) is 9.55 Å². The number of unbranched alkanes of at least 4 members (excludes halogenated alkanes) is 5. The molecule has 0 aliphatic rings. The van der Waals surface area contributed by atoms with E-state index in [1.165, 1.54) is 38.5 Å². The highest BCUT2D eigenvalue weighted by Crippen LogP contribution is 2.09. The Bertz CT molecular complexity index is 306. The quantitative estimate of drug-likeness (QED) is 0.647. The molecule has 0 fully saturated rings. The Morgan fingerprint density at radius 1 is 1.17 bits per heavy atom. The lowest BCUT2D eigenvalue weighted by molar-refractivity contribution is 0.530. The van der Waals surface area contributed by atoms with Gasteiger partial charge in [0.15, 0.2) is 0 Å². The van der Waals surface area contributed by atoms with Crippen molar-refractivity contribution < 1.29 is 0 Å². The van der Waals surface area contributed by atoms with Crippen molar-refractivity contribution in [1.29, 1.82) is 0 Å². The van der Waals surface area contributed by atoms with Crippen molar-refractivity contribution in [2.24, 2.45) is 5.73 Å². The molecule has 1 rings (SSSR count). The van der Waals surface area contributed by atoms with Gasteiger partial charge in [-0.2, -0.15) is 0 Å². The van der Waals surface area contributed by atoms with Gasteiger partial charge in [-0.15, -0.1) is 0 Å². The van der Waals surface area contributed by atoms with Crippen molar-refractivity contribution in [3.63, 3.8) is 0 Å². The third-order valence-electron chi connectivity index (χ3n) is 3.52. The van der Waals surface area contributed by atoms with Crippen LogP contribution in [0.1, 0.15) is 64.6 Å². The van der Waals surface area contributed by atoms with Gasteiger partial charge in [0.25, 0.3) is 0 Å². The molecule has 0 saturated heterocycles. The van der Waals surface area contributed by atoms with Crippen LogP contribution in [-0.2, 0) is 13.0 Å². The van der Waals surface area contributed by atoms with E-state index in [4.69, 9.17) is 5.73 Å². The van der Waals surface area contributed by atoms with Crippen molar-refractivity contribution in [3.05, 3.63) is 18.2 Å². The van der Waals surface area contributed by atoms with Crippen molar-refractivity contribution in [2.75, 3.05) is 0 Å². The topological polar surface area (TPSA) is 43.8 Å². The molecule has 0 bridgehead atoms. The molecule has 0 aliphatic heterocycles. The maximum Gasteiger partial charge on any atom is 0.110 e. The first kappa shape index (κ1) is 15.2. The van der Waals surface area contributed by atoms with Gasteiger partial charge < -0.3 is 10.3 Å². The summed E-state index contributed by atoms with van der Waals surface area (Å²) in [5.74, 6) is 1.15. The summed E-state index contributed by atoms with van der Waals surface area (Å²) < 4.78 is 2.27. The lowest BCUT2D eigenvalue weighted by Gasteiger charge is -2.11. The van der Waals surface area contributed by atoms with Gasteiger partial charge in [-0.3, -0.25) is 0 Å². The first-order valence-electron chi connectivity index (χ1n) is 7.53. The van der Waals surface area contributed by atoms with Crippen LogP contribution in [0.2, 0.25) is 0 Å². The fourth-order valence-electron chi connectivity index (χ4n) is 2.17. The Hall–Kier alpha value is -0.830. The lowest BCUT2D eigenvalue weighted by atomic mass is 10.1. The van der Waals surface area contributed by atoms with Gasteiger partial charge in [-0.1, -0.05) is 46.0 Å². The molecule has 104 valence electrons. The summed E-state index contributed by atoms with van der Waals surface area (Å²) in [7, 11) is 0. The zero-order valence-electron chi connectivity index (χ0n) is 12.1. The summed E-state index contributed by atoms with van der Waals surface area (Å²) in [6.45, 7) is 5.48. The third kappa shape index (κ3) is 5.67. The van der Waals surface area contributed by atoms with E-state index < -0.39 is 0 Å². The van der Waals surface area contributed by atoms with Gasteiger partial charge in [0.05, 0.1) is 0 Å². The predicted octanol–water partition coefficient (Wildman–Crippen LogP) is 3.52. The Morgan fingerprint density at radius 2 is 1.89 bits per heavy atom. The number of aromatic nitrogens is 2. The van der Waals surface area contributed by atoms with E-state index >= 15 is 0 Å². The van der Waals surface area contributed by atoms with Gasteiger partial charge in [-0.25, -0.2) is 4.98 Å². The van der Waals surface area contributed by atoms with Gasteiger partial charge in [0.1, 0.15) is 5.82 Å². The van der Waals surface area contributed by atoms with Gasteiger partial charge >= 0.3 is 0 Å². The molecule has 2 N–H and O–H groups in total. The smallest absolute Gasteiger partial charge is 0.110 e. The summed E-state index contributed by atoms with van der Waals surface area (Å²) in [6, 6.07) is 0.246. The van der Waals surface area contributed by atoms with E-state index in [0.717, 1.165) is 25.2 Å². The zero-order chi connectivity index (χ0) is 13.2. The molecule has 3 nitrogen and oxygen atoms in total. The zero-order valence-corrected chi connectivity index (χ0v) is 12.1. The molecular weight excluding hydrogens is 222 g/mol. The molecule has 1 heterocycles. The summed E-state index contributed by atoms with van der Waals surface area (Å²) in [5.41, 5.74) is 5.99. The summed E-state index contributed by atoms with van der Waals surface area (Å²) >= 11 is 0. The standard InChI is InChI=1S/C15H29N3/c1-3-5-6-7-8-9-11-18-12-10-17-15(18)13-14(16)4-2/h10,12,14H,3-9,11,13,16H2,1-2H3. The van der Waals surface area contributed by atoms with E-state index in [2.05, 4.69) is 29.6 Å². The Morgan fingerprint density at radius 3 is 2.61 bits per heavy atom. The molecule has 1 unspecified atom stereocenters. The minimum atomic E-state index is 0.246. The second kappa shape index (κ2) is 9.15. The molecule has 1 atom stereocenters. The lowest BCUT2D eigenvalue weighted by Crippen LogP contribution is -2.23. The Labute approximate surface area is 112 Å². The monoisotopic (exact) mass is 251 g/mol. The average Bonchev–Trinajstić information content (AvgIpc) is 2.81. The molecule has 0 saturated carbocycles. The highest BCUT2D eigenvalue weighted by atomic mass is 15.1. The average molecular weight is 251 g/mol. The molecule has 3 heteroatoms. The molecule has 0 radical (unpaired) electrons. The largest absolute Gasteiger partial charge is 0.335 e. The van der Waals surface area contributed by atoms with Crippen LogP contribution in [0.3, 0.4) is 0 Å². The summed E-state index contributed by atoms with van der Waals surface area (Å²) in [6.07, 6.45) is 13.9. The number of rotatable bonds is 10. The number of nitrogens with zero attached hydrogens (tertiary/aromatic N) is 2. The van der Waals surface area contributed by atoms with Crippen LogP contribution in [0.4, 0.5) is 0 Å². The van der Waals surface area contributed by atoms with Gasteiger partial charge in [0.2, 0.25) is 0 Å². The second-order valence-electron chi connectivity index (χ2n) is 5.18. The minimum absolute atomic E-state index is 0.246. The van der Waals surface area contributed by atoms with Crippen LogP contribution >= 0.6 is 0 Å². The normalized spacial score (nSPS) is 12.8. The number of aryl methyl sites for hydroxylation is 1. The molecule has 18 heavy (non-hydrogen) atoms. The van der Waals surface area contributed by atoms with Gasteiger partial charge in [-0.05, 0) is 12.8 Å².